The Bertz CT molecular complexity index is 1000. The zero-order chi connectivity index (χ0) is 20.4. The Morgan fingerprint density at radius 2 is 1.57 bits per heavy atom. The first-order chi connectivity index (χ1) is 13.3. The Kier molecular flexibility index (Phi) is 5.17. The Labute approximate surface area is 165 Å². The fraction of sp³-hybridized carbons (Fsp3) is 0.261. The second kappa shape index (κ2) is 7.41. The average Bonchev–Trinajstić information content (AvgIpc) is 2.72. The molecule has 1 heterocycles. The molecule has 0 amide bonds. The topological polar surface area (TPSA) is 79.0 Å². The summed E-state index contributed by atoms with van der Waals surface area (Å²) in [5.41, 5.74) is 1.88. The zero-order valence-corrected chi connectivity index (χ0v) is 16.5. The summed E-state index contributed by atoms with van der Waals surface area (Å²) in [6.45, 7) is 5.90. The van der Waals surface area contributed by atoms with Crippen LogP contribution in [0.15, 0.2) is 61.2 Å². The Morgan fingerprint density at radius 3 is 2.11 bits per heavy atom. The molecule has 0 aliphatic heterocycles. The monoisotopic (exact) mass is 373 g/mol. The second-order valence-corrected chi connectivity index (χ2v) is 7.69. The van der Waals surface area contributed by atoms with Crippen molar-refractivity contribution in [2.24, 2.45) is 5.41 Å². The molecule has 0 bridgehead atoms. The molecule has 0 saturated heterocycles. The van der Waals surface area contributed by atoms with Gasteiger partial charge in [0.2, 0.25) is 0 Å². The van der Waals surface area contributed by atoms with Gasteiger partial charge >= 0.3 is 0 Å². The van der Waals surface area contributed by atoms with E-state index in [1.54, 1.807) is 31.6 Å². The molecule has 1 unspecified atom stereocenters. The predicted molar refractivity (Wildman–Crippen MR) is 108 cm³/mol. The highest BCUT2D eigenvalue weighted by Crippen LogP contribution is 2.48. The highest BCUT2D eigenvalue weighted by atomic mass is 16.5. The van der Waals surface area contributed by atoms with E-state index in [0.29, 0.717) is 22.4 Å². The van der Waals surface area contributed by atoms with Crippen LogP contribution in [0.5, 0.6) is 5.75 Å². The van der Waals surface area contributed by atoms with Crippen LogP contribution in [0.3, 0.4) is 0 Å². The van der Waals surface area contributed by atoms with Crippen molar-refractivity contribution >= 4 is 0 Å². The van der Waals surface area contributed by atoms with E-state index in [2.05, 4.69) is 16.0 Å². The van der Waals surface area contributed by atoms with Gasteiger partial charge in [-0.2, -0.15) is 5.26 Å². The molecule has 0 aliphatic rings. The van der Waals surface area contributed by atoms with Crippen molar-refractivity contribution in [2.75, 3.05) is 7.11 Å². The van der Waals surface area contributed by atoms with Crippen LogP contribution in [0, 0.1) is 16.7 Å². The lowest BCUT2D eigenvalue weighted by atomic mass is 9.68. The van der Waals surface area contributed by atoms with E-state index in [4.69, 9.17) is 10.00 Å². The van der Waals surface area contributed by atoms with Crippen molar-refractivity contribution < 1.29 is 9.84 Å². The van der Waals surface area contributed by atoms with Gasteiger partial charge in [-0.15, -0.1) is 0 Å². The molecule has 0 saturated carbocycles. The molecule has 0 radical (unpaired) electrons. The average molecular weight is 373 g/mol. The molecular formula is C23H23N3O2. The largest absolute Gasteiger partial charge is 0.496 e. The number of aliphatic hydroxyl groups is 1. The van der Waals surface area contributed by atoms with E-state index < -0.39 is 11.0 Å². The van der Waals surface area contributed by atoms with Crippen molar-refractivity contribution in [3.05, 3.63) is 77.9 Å². The van der Waals surface area contributed by atoms with Gasteiger partial charge in [0.25, 0.3) is 0 Å². The van der Waals surface area contributed by atoms with E-state index in [9.17, 15) is 5.11 Å². The van der Waals surface area contributed by atoms with E-state index in [1.165, 1.54) is 6.33 Å². The number of benzene rings is 2. The fourth-order valence-corrected chi connectivity index (χ4v) is 3.39. The maximum Gasteiger partial charge on any atom is 0.126 e. The van der Waals surface area contributed by atoms with Crippen LogP contribution >= 0.6 is 0 Å². The number of methoxy groups -OCH3 is 1. The van der Waals surface area contributed by atoms with Gasteiger partial charge in [-0.3, -0.25) is 0 Å². The zero-order valence-electron chi connectivity index (χ0n) is 16.5. The molecule has 3 rings (SSSR count). The first-order valence-electron chi connectivity index (χ1n) is 8.98. The number of nitriles is 1. The Balaban J connectivity index is 2.16. The first kappa shape index (κ1) is 19.5. The molecule has 1 aromatic heterocycles. The number of ether oxygens (including phenoxy) is 1. The third-order valence-electron chi connectivity index (χ3n) is 5.00. The number of hydrogen-bond donors (Lipinski definition) is 1. The summed E-state index contributed by atoms with van der Waals surface area (Å²) in [6, 6.07) is 15.2. The Morgan fingerprint density at radius 1 is 0.964 bits per heavy atom. The van der Waals surface area contributed by atoms with Crippen molar-refractivity contribution in [1.82, 2.24) is 9.97 Å². The number of hydrogen-bond acceptors (Lipinski definition) is 5. The summed E-state index contributed by atoms with van der Waals surface area (Å²) >= 11 is 0. The van der Waals surface area contributed by atoms with Crippen LogP contribution < -0.4 is 4.74 Å². The predicted octanol–water partition coefficient (Wildman–Crippen LogP) is 4.31. The fourth-order valence-electron chi connectivity index (χ4n) is 3.39. The maximum absolute atomic E-state index is 11.8. The van der Waals surface area contributed by atoms with E-state index in [-0.39, 0.29) is 0 Å². The normalized spacial score (nSPS) is 13.4. The summed E-state index contributed by atoms with van der Waals surface area (Å²) in [5, 5.41) is 20.8. The van der Waals surface area contributed by atoms with Crippen LogP contribution in [0.4, 0.5) is 0 Å². The minimum Gasteiger partial charge on any atom is -0.496 e. The van der Waals surface area contributed by atoms with Gasteiger partial charge in [0.15, 0.2) is 0 Å². The lowest BCUT2D eigenvalue weighted by Crippen LogP contribution is -2.41. The molecule has 5 nitrogen and oxygen atoms in total. The van der Waals surface area contributed by atoms with Crippen molar-refractivity contribution in [1.29, 1.82) is 5.26 Å². The summed E-state index contributed by atoms with van der Waals surface area (Å²) in [6.07, 6.45) is 4.70. The lowest BCUT2D eigenvalue weighted by molar-refractivity contribution is -0.0281. The van der Waals surface area contributed by atoms with Gasteiger partial charge in [-0.1, -0.05) is 45.0 Å². The molecule has 3 aromatic rings. The van der Waals surface area contributed by atoms with Crippen LogP contribution in [0.1, 0.15) is 37.5 Å². The van der Waals surface area contributed by atoms with Gasteiger partial charge in [0.1, 0.15) is 17.7 Å². The van der Waals surface area contributed by atoms with Gasteiger partial charge < -0.3 is 9.84 Å². The van der Waals surface area contributed by atoms with Crippen molar-refractivity contribution in [3.8, 4) is 22.9 Å². The molecule has 5 heteroatoms. The van der Waals surface area contributed by atoms with Crippen molar-refractivity contribution in [2.45, 2.75) is 26.4 Å². The van der Waals surface area contributed by atoms with Crippen LogP contribution in [0.25, 0.3) is 11.1 Å². The van der Waals surface area contributed by atoms with E-state index in [1.807, 2.05) is 51.1 Å². The molecular weight excluding hydrogens is 350 g/mol. The smallest absolute Gasteiger partial charge is 0.126 e. The van der Waals surface area contributed by atoms with Crippen LogP contribution in [-0.2, 0) is 5.60 Å². The van der Waals surface area contributed by atoms with Crippen LogP contribution in [0.2, 0.25) is 0 Å². The summed E-state index contributed by atoms with van der Waals surface area (Å²) in [7, 11) is 1.59. The molecule has 142 valence electrons. The van der Waals surface area contributed by atoms with Crippen molar-refractivity contribution in [3.63, 3.8) is 0 Å². The van der Waals surface area contributed by atoms with E-state index >= 15 is 0 Å². The molecule has 0 aliphatic carbocycles. The third-order valence-corrected chi connectivity index (χ3v) is 5.00. The molecule has 1 atom stereocenters. The molecule has 28 heavy (non-hydrogen) atoms. The van der Waals surface area contributed by atoms with E-state index in [0.717, 1.165) is 11.1 Å². The second-order valence-electron chi connectivity index (χ2n) is 7.69. The Hall–Kier alpha value is -3.23. The maximum atomic E-state index is 11.8. The molecule has 2 aromatic carbocycles. The quantitative estimate of drug-likeness (QED) is 0.737. The molecule has 0 spiro atoms. The highest BCUT2D eigenvalue weighted by molar-refractivity contribution is 5.67. The minimum absolute atomic E-state index is 0.541. The van der Waals surface area contributed by atoms with Gasteiger partial charge in [0, 0.05) is 23.5 Å². The van der Waals surface area contributed by atoms with Gasteiger partial charge in [-0.05, 0) is 34.7 Å². The third kappa shape index (κ3) is 3.35. The lowest BCUT2D eigenvalue weighted by Gasteiger charge is -2.41. The number of rotatable bonds is 4. The molecule has 1 N–H and O–H groups in total. The SMILES string of the molecule is COc1cc(-c2ccc(C#N)cc2)ccc1C(O)(c1cncnc1)C(C)(C)C. The number of nitrogens with zero attached hydrogens (tertiary/aromatic N) is 3. The van der Waals surface area contributed by atoms with Gasteiger partial charge in [-0.25, -0.2) is 9.97 Å². The minimum atomic E-state index is -1.34. The standard InChI is InChI=1S/C23H23N3O2/c1-22(2,3)23(27,19-13-25-15-26-14-19)20-10-9-18(11-21(20)28-4)17-7-5-16(12-24)6-8-17/h5-11,13-15,27H,1-4H3. The summed E-state index contributed by atoms with van der Waals surface area (Å²) in [4.78, 5) is 8.18. The summed E-state index contributed by atoms with van der Waals surface area (Å²) < 4.78 is 5.66. The first-order valence-corrected chi connectivity index (χ1v) is 8.98. The molecule has 0 fully saturated rings. The highest BCUT2D eigenvalue weighted by Gasteiger charge is 2.45. The van der Waals surface area contributed by atoms with Gasteiger partial charge in [0.05, 0.1) is 18.7 Å². The number of aromatic nitrogens is 2. The summed E-state index contributed by atoms with van der Waals surface area (Å²) in [5.74, 6) is 0.572. The van der Waals surface area contributed by atoms with Crippen LogP contribution in [-0.4, -0.2) is 22.2 Å².